The topological polar surface area (TPSA) is 119 Å². The smallest absolute Gasteiger partial charge is 0.339 e. The van der Waals surface area contributed by atoms with Crippen molar-refractivity contribution in [3.05, 3.63) is 117 Å². The number of hydrogen-bond acceptors (Lipinski definition) is 5. The lowest BCUT2D eigenvalue weighted by Crippen LogP contribution is -2.31. The van der Waals surface area contributed by atoms with Crippen LogP contribution in [-0.2, 0) is 9.59 Å². The number of nitrogens with one attached hydrogen (secondary N) is 2. The van der Waals surface area contributed by atoms with Gasteiger partial charge in [0.15, 0.2) is 0 Å². The Hall–Kier alpha value is -4.38. The Labute approximate surface area is 251 Å². The van der Waals surface area contributed by atoms with E-state index in [0.29, 0.717) is 11.3 Å². The van der Waals surface area contributed by atoms with Gasteiger partial charge in [0.1, 0.15) is 5.76 Å². The molecule has 2 atom stereocenters. The predicted molar refractivity (Wildman–Crippen MR) is 166 cm³/mol. The number of carbonyl (C=O) groups excluding carboxylic acids is 2. The number of carboxylic acids is 1. The molecule has 2 aliphatic rings. The van der Waals surface area contributed by atoms with Crippen LogP contribution < -0.4 is 10.6 Å². The molecule has 0 fully saturated rings. The highest BCUT2D eigenvalue weighted by Crippen LogP contribution is 2.46. The Morgan fingerprint density at radius 2 is 1.61 bits per heavy atom. The molecule has 0 radical (unpaired) electrons. The fraction of sp³-hybridized carbons (Fsp3) is 0.156. The predicted octanol–water partition coefficient (Wildman–Crippen LogP) is 5.61. The van der Waals surface area contributed by atoms with Gasteiger partial charge in [0.25, 0.3) is 5.91 Å². The number of likely N-dealkylation sites (N-methyl/N-ethyl adjacent to an activating group) is 1. The minimum absolute atomic E-state index is 0.100. The Bertz CT molecular complexity index is 1600. The van der Waals surface area contributed by atoms with Crippen molar-refractivity contribution in [1.82, 2.24) is 10.2 Å². The van der Waals surface area contributed by atoms with Gasteiger partial charge in [0.05, 0.1) is 17.3 Å². The number of hydrogen-bond donors (Lipinski definition) is 4. The van der Waals surface area contributed by atoms with Gasteiger partial charge in [-0.15, -0.1) is 0 Å². The number of benzene rings is 3. The van der Waals surface area contributed by atoms with Crippen molar-refractivity contribution in [3.8, 4) is 11.1 Å². The third-order valence-electron chi connectivity index (χ3n) is 7.18. The van der Waals surface area contributed by atoms with Crippen LogP contribution in [0.5, 0.6) is 0 Å². The summed E-state index contributed by atoms with van der Waals surface area (Å²) in [5, 5.41) is 25.3. The SMILES string of the molecule is CN1C(c2ccc(C(=O)NCCC(=O)Nc3cccc(-c4ccccc4)c3)cc2)=C(I)C2C=C(C(=O)O)C(O)=CC21. The molecule has 0 bridgehead atoms. The number of fused-ring (bicyclic) bond motifs is 1. The summed E-state index contributed by atoms with van der Waals surface area (Å²) in [6, 6.07) is 24.5. The molecule has 0 saturated carbocycles. The van der Waals surface area contributed by atoms with Crippen molar-refractivity contribution in [2.45, 2.75) is 12.5 Å². The number of nitrogens with zero attached hydrogens (tertiary/aromatic N) is 1. The van der Waals surface area contributed by atoms with E-state index < -0.39 is 5.97 Å². The monoisotopic (exact) mass is 661 g/mol. The molecule has 1 heterocycles. The zero-order chi connectivity index (χ0) is 29.1. The van der Waals surface area contributed by atoms with Gasteiger partial charge in [-0.05, 0) is 69.6 Å². The van der Waals surface area contributed by atoms with Gasteiger partial charge < -0.3 is 25.7 Å². The van der Waals surface area contributed by atoms with Crippen LogP contribution in [0.4, 0.5) is 5.69 Å². The van der Waals surface area contributed by atoms with Crippen LogP contribution in [0.15, 0.2) is 106 Å². The molecule has 4 N–H and O–H groups in total. The molecule has 208 valence electrons. The van der Waals surface area contributed by atoms with Crippen molar-refractivity contribution in [3.63, 3.8) is 0 Å². The lowest BCUT2D eigenvalue weighted by Gasteiger charge is -2.28. The van der Waals surface area contributed by atoms with Crippen LogP contribution in [0, 0.1) is 5.92 Å². The van der Waals surface area contributed by atoms with E-state index in [1.54, 1.807) is 24.3 Å². The summed E-state index contributed by atoms with van der Waals surface area (Å²) in [6.07, 6.45) is 3.29. The summed E-state index contributed by atoms with van der Waals surface area (Å²) in [6.45, 7) is 0.189. The van der Waals surface area contributed by atoms with E-state index >= 15 is 0 Å². The fourth-order valence-corrected chi connectivity index (χ4v) is 6.33. The van der Waals surface area contributed by atoms with Crippen LogP contribution in [0.2, 0.25) is 0 Å². The lowest BCUT2D eigenvalue weighted by molar-refractivity contribution is -0.132. The first-order valence-corrected chi connectivity index (χ1v) is 14.1. The Morgan fingerprint density at radius 3 is 2.32 bits per heavy atom. The lowest BCUT2D eigenvalue weighted by atomic mass is 9.91. The summed E-state index contributed by atoms with van der Waals surface area (Å²) in [7, 11) is 1.89. The normalized spacial score (nSPS) is 17.9. The zero-order valence-electron chi connectivity index (χ0n) is 22.2. The number of rotatable bonds is 8. The number of aliphatic carboxylic acids is 1. The number of amides is 2. The minimum Gasteiger partial charge on any atom is -0.507 e. The Morgan fingerprint density at radius 1 is 0.902 bits per heavy atom. The first kappa shape index (κ1) is 28.2. The van der Waals surface area contributed by atoms with Crippen molar-refractivity contribution in [1.29, 1.82) is 0 Å². The number of aliphatic hydroxyl groups excluding tert-OH is 1. The summed E-state index contributed by atoms with van der Waals surface area (Å²) >= 11 is 2.22. The number of carbonyl (C=O) groups is 3. The van der Waals surface area contributed by atoms with Gasteiger partial charge in [-0.3, -0.25) is 9.59 Å². The molecule has 5 rings (SSSR count). The third kappa shape index (κ3) is 6.04. The summed E-state index contributed by atoms with van der Waals surface area (Å²) in [5.41, 5.74) is 4.90. The average Bonchev–Trinajstić information content (AvgIpc) is 3.21. The van der Waals surface area contributed by atoms with Crippen molar-refractivity contribution in [2.24, 2.45) is 5.92 Å². The standard InChI is InChI=1S/C32H28IN3O5/c1-36-26-18-27(37)25(32(40)41)17-24(26)29(33)30(36)20-10-12-21(13-11-20)31(39)34-15-14-28(38)35-23-9-5-8-22(16-23)19-6-3-2-4-7-19/h2-13,16-18,24,26,37H,14-15H2,1H3,(H,34,39)(H,35,38)(H,40,41). The highest BCUT2D eigenvalue weighted by molar-refractivity contribution is 14.1. The highest BCUT2D eigenvalue weighted by atomic mass is 127. The van der Waals surface area contributed by atoms with E-state index in [1.807, 2.05) is 78.7 Å². The van der Waals surface area contributed by atoms with E-state index in [4.69, 9.17) is 0 Å². The van der Waals surface area contributed by atoms with Crippen LogP contribution in [0.1, 0.15) is 22.3 Å². The van der Waals surface area contributed by atoms with E-state index in [-0.39, 0.29) is 48.1 Å². The van der Waals surface area contributed by atoms with Crippen molar-refractivity contribution < 1.29 is 24.6 Å². The maximum atomic E-state index is 12.7. The maximum Gasteiger partial charge on any atom is 0.339 e. The number of aliphatic hydroxyl groups is 1. The molecule has 2 unspecified atom stereocenters. The van der Waals surface area contributed by atoms with Gasteiger partial charge in [0, 0.05) is 40.8 Å². The summed E-state index contributed by atoms with van der Waals surface area (Å²) in [5.74, 6) is -2.07. The molecule has 1 aliphatic heterocycles. The van der Waals surface area contributed by atoms with Gasteiger partial charge >= 0.3 is 5.97 Å². The summed E-state index contributed by atoms with van der Waals surface area (Å²) < 4.78 is 0.954. The highest BCUT2D eigenvalue weighted by Gasteiger charge is 2.40. The summed E-state index contributed by atoms with van der Waals surface area (Å²) in [4.78, 5) is 38.7. The van der Waals surface area contributed by atoms with Gasteiger partial charge in [0.2, 0.25) is 5.91 Å². The number of carboxylic acid groups (broad SMARTS) is 1. The average molecular weight is 661 g/mol. The van der Waals surface area contributed by atoms with Crippen LogP contribution >= 0.6 is 22.6 Å². The fourth-order valence-electron chi connectivity index (χ4n) is 5.09. The Kier molecular flexibility index (Phi) is 8.25. The third-order valence-corrected chi connectivity index (χ3v) is 8.41. The van der Waals surface area contributed by atoms with Crippen molar-refractivity contribution in [2.75, 3.05) is 18.9 Å². The largest absolute Gasteiger partial charge is 0.507 e. The molecular weight excluding hydrogens is 633 g/mol. The van der Waals surface area contributed by atoms with Crippen molar-refractivity contribution >= 4 is 51.8 Å². The van der Waals surface area contributed by atoms with Crippen LogP contribution in [0.3, 0.4) is 0 Å². The second kappa shape index (κ2) is 12.0. The van der Waals surface area contributed by atoms with E-state index in [0.717, 1.165) is 26.0 Å². The van der Waals surface area contributed by atoms with Gasteiger partial charge in [-0.25, -0.2) is 4.79 Å². The molecule has 9 heteroatoms. The first-order chi connectivity index (χ1) is 19.7. The molecule has 1 aliphatic carbocycles. The van der Waals surface area contributed by atoms with Gasteiger partial charge in [-0.1, -0.05) is 60.7 Å². The molecule has 0 aromatic heterocycles. The van der Waals surface area contributed by atoms with Gasteiger partial charge in [-0.2, -0.15) is 0 Å². The van der Waals surface area contributed by atoms with E-state index in [1.165, 1.54) is 0 Å². The maximum absolute atomic E-state index is 12.7. The molecule has 41 heavy (non-hydrogen) atoms. The minimum atomic E-state index is -1.16. The second-order valence-electron chi connectivity index (χ2n) is 9.84. The Balaban J connectivity index is 1.17. The van der Waals surface area contributed by atoms with E-state index in [9.17, 15) is 24.6 Å². The number of anilines is 1. The number of halogens is 1. The molecular formula is C32H28IN3O5. The molecule has 3 aromatic carbocycles. The van der Waals surface area contributed by atoms with Crippen LogP contribution in [-0.4, -0.2) is 52.5 Å². The first-order valence-electron chi connectivity index (χ1n) is 13.1. The zero-order valence-corrected chi connectivity index (χ0v) is 24.3. The van der Waals surface area contributed by atoms with Crippen LogP contribution in [0.25, 0.3) is 16.8 Å². The second-order valence-corrected chi connectivity index (χ2v) is 11.0. The molecule has 0 spiro atoms. The molecule has 0 saturated heterocycles. The molecule has 3 aromatic rings. The molecule has 2 amide bonds. The molecule has 8 nitrogen and oxygen atoms in total. The van der Waals surface area contributed by atoms with E-state index in [2.05, 4.69) is 33.2 Å². The quantitative estimate of drug-likeness (QED) is 0.233.